The standard InChI is InChI=1S/C40H64O6/c1-13-21-42-25-40-22-26-15-16-28-36(9)19-18-29-37(10,24-43-34(5,6)44-29)27(36)17-20-38(28,11)39(26,12)23-30(40)45-35(7,8)46-32(40)31(41)33(3,4)14-2/h1,15,27-32,41H,14,16-25H2,2-12H3/t27?,28?,29-,30+,31-,32-,36-,37+,38+,39+,40+/m0/s1. The Morgan fingerprint density at radius 2 is 1.65 bits per heavy atom. The van der Waals surface area contributed by atoms with Gasteiger partial charge in [-0.25, -0.2) is 0 Å². The molecule has 4 aliphatic carbocycles. The lowest BCUT2D eigenvalue weighted by atomic mass is 9.34. The van der Waals surface area contributed by atoms with E-state index in [-0.39, 0.29) is 45.9 Å². The van der Waals surface area contributed by atoms with Crippen molar-refractivity contribution in [3.05, 3.63) is 11.6 Å². The van der Waals surface area contributed by atoms with Gasteiger partial charge in [-0.3, -0.25) is 0 Å². The van der Waals surface area contributed by atoms with Crippen molar-refractivity contribution in [1.29, 1.82) is 0 Å². The first kappa shape index (κ1) is 34.9. The fourth-order valence-electron chi connectivity index (χ4n) is 11.9. The molecular weight excluding hydrogens is 576 g/mol. The molecule has 1 N–H and O–H groups in total. The Kier molecular flexibility index (Phi) is 8.37. The normalized spacial score (nSPS) is 48.3. The maximum Gasteiger partial charge on any atom is 0.163 e. The van der Waals surface area contributed by atoms with E-state index in [4.69, 9.17) is 30.1 Å². The third kappa shape index (κ3) is 4.95. The Morgan fingerprint density at radius 3 is 2.33 bits per heavy atom. The Labute approximate surface area is 280 Å². The number of ether oxygens (including phenoxy) is 5. The molecule has 11 atom stereocenters. The Bertz CT molecular complexity index is 1260. The summed E-state index contributed by atoms with van der Waals surface area (Å²) in [5, 5.41) is 12.1. The average Bonchev–Trinajstić information content (AvgIpc) is 2.96. The van der Waals surface area contributed by atoms with E-state index in [0.29, 0.717) is 18.4 Å². The van der Waals surface area contributed by atoms with Crippen LogP contribution in [0, 0.1) is 56.7 Å². The van der Waals surface area contributed by atoms with Crippen LogP contribution in [-0.4, -0.2) is 60.9 Å². The molecule has 6 rings (SSSR count). The minimum absolute atomic E-state index is 0.0219. The van der Waals surface area contributed by atoms with Crippen molar-refractivity contribution in [2.24, 2.45) is 44.3 Å². The van der Waals surface area contributed by atoms with Crippen molar-refractivity contribution >= 4 is 0 Å². The maximum atomic E-state index is 12.1. The molecule has 0 aromatic heterocycles. The second kappa shape index (κ2) is 11.0. The molecule has 6 heteroatoms. The third-order valence-corrected chi connectivity index (χ3v) is 15.2. The highest BCUT2D eigenvalue weighted by Crippen LogP contribution is 2.75. The number of rotatable bonds is 6. The number of aliphatic hydroxyl groups excluding tert-OH is 1. The smallest absolute Gasteiger partial charge is 0.163 e. The highest BCUT2D eigenvalue weighted by atomic mass is 16.7. The van der Waals surface area contributed by atoms with E-state index < -0.39 is 29.2 Å². The van der Waals surface area contributed by atoms with Gasteiger partial charge >= 0.3 is 0 Å². The fraction of sp³-hybridized carbons (Fsp3) is 0.900. The Morgan fingerprint density at radius 1 is 0.957 bits per heavy atom. The number of hydrogen-bond donors (Lipinski definition) is 1. The molecule has 0 aromatic rings. The summed E-state index contributed by atoms with van der Waals surface area (Å²) in [6.45, 7) is 26.2. The van der Waals surface area contributed by atoms with E-state index in [1.54, 1.807) is 0 Å². The Hall–Kier alpha value is -0.940. The molecule has 6 aliphatic rings. The van der Waals surface area contributed by atoms with Crippen LogP contribution in [0.15, 0.2) is 11.6 Å². The van der Waals surface area contributed by atoms with Gasteiger partial charge in [0.1, 0.15) is 6.61 Å². The summed E-state index contributed by atoms with van der Waals surface area (Å²) in [6, 6.07) is 0. The molecular formula is C40H64O6. The second-order valence-corrected chi connectivity index (χ2v) is 18.8. The molecule has 5 fully saturated rings. The Balaban J connectivity index is 1.40. The van der Waals surface area contributed by atoms with Gasteiger partial charge in [0.25, 0.3) is 0 Å². The number of terminal acetylenes is 1. The van der Waals surface area contributed by atoms with Crippen molar-refractivity contribution < 1.29 is 28.8 Å². The van der Waals surface area contributed by atoms with Crippen molar-refractivity contribution in [3.8, 4) is 12.3 Å². The highest BCUT2D eigenvalue weighted by Gasteiger charge is 2.71. The third-order valence-electron chi connectivity index (χ3n) is 15.2. The molecule has 0 aromatic carbocycles. The van der Waals surface area contributed by atoms with Crippen molar-refractivity contribution in [3.63, 3.8) is 0 Å². The summed E-state index contributed by atoms with van der Waals surface area (Å²) in [7, 11) is 0. The van der Waals surface area contributed by atoms with Crippen LogP contribution in [0.1, 0.15) is 128 Å². The zero-order chi connectivity index (χ0) is 33.8. The van der Waals surface area contributed by atoms with Gasteiger partial charge in [-0.1, -0.05) is 66.0 Å². The lowest BCUT2D eigenvalue weighted by Gasteiger charge is -2.72. The number of fused-ring (bicyclic) bond motifs is 8. The molecule has 0 radical (unpaired) electrons. The quantitative estimate of drug-likeness (QED) is 0.180. The van der Waals surface area contributed by atoms with Gasteiger partial charge in [0, 0.05) is 5.41 Å². The van der Waals surface area contributed by atoms with E-state index >= 15 is 0 Å². The summed E-state index contributed by atoms with van der Waals surface area (Å²) in [5.41, 5.74) is 0.906. The van der Waals surface area contributed by atoms with Gasteiger partial charge in [0.05, 0.1) is 43.0 Å². The molecule has 2 heterocycles. The van der Waals surface area contributed by atoms with Crippen molar-refractivity contribution in [1.82, 2.24) is 0 Å². The minimum Gasteiger partial charge on any atom is -0.390 e. The van der Waals surface area contributed by atoms with Gasteiger partial charge in [-0.2, -0.15) is 0 Å². The van der Waals surface area contributed by atoms with Crippen molar-refractivity contribution in [2.45, 2.75) is 164 Å². The lowest BCUT2D eigenvalue weighted by Crippen LogP contribution is -2.71. The van der Waals surface area contributed by atoms with E-state index in [1.807, 2.05) is 13.8 Å². The molecule has 2 aliphatic heterocycles. The molecule has 46 heavy (non-hydrogen) atoms. The van der Waals surface area contributed by atoms with Crippen LogP contribution in [0.25, 0.3) is 0 Å². The lowest BCUT2D eigenvalue weighted by molar-refractivity contribution is -0.384. The van der Waals surface area contributed by atoms with Crippen LogP contribution in [-0.2, 0) is 23.7 Å². The summed E-state index contributed by atoms with van der Waals surface area (Å²) in [6.07, 6.45) is 15.5. The molecule has 0 spiro atoms. The average molecular weight is 641 g/mol. The zero-order valence-electron chi connectivity index (χ0n) is 30.9. The number of hydrogen-bond acceptors (Lipinski definition) is 6. The number of aliphatic hydroxyl groups is 1. The molecule has 6 nitrogen and oxygen atoms in total. The highest BCUT2D eigenvalue weighted by molar-refractivity contribution is 5.33. The molecule has 0 bridgehead atoms. The monoisotopic (exact) mass is 640 g/mol. The first-order valence-electron chi connectivity index (χ1n) is 18.3. The predicted octanol–water partition coefficient (Wildman–Crippen LogP) is 8.06. The minimum atomic E-state index is -0.826. The van der Waals surface area contributed by atoms with Crippen LogP contribution in [0.2, 0.25) is 0 Å². The first-order valence-corrected chi connectivity index (χ1v) is 18.3. The fourth-order valence-corrected chi connectivity index (χ4v) is 11.9. The summed E-state index contributed by atoms with van der Waals surface area (Å²) < 4.78 is 33.0. The van der Waals surface area contributed by atoms with Gasteiger partial charge in [0.15, 0.2) is 11.6 Å². The van der Waals surface area contributed by atoms with Gasteiger partial charge in [0.2, 0.25) is 0 Å². The topological polar surface area (TPSA) is 66.4 Å². The van der Waals surface area contributed by atoms with Crippen LogP contribution < -0.4 is 0 Å². The molecule has 2 saturated heterocycles. The second-order valence-electron chi connectivity index (χ2n) is 18.8. The maximum absolute atomic E-state index is 12.1. The summed E-state index contributed by atoms with van der Waals surface area (Å²) >= 11 is 0. The van der Waals surface area contributed by atoms with Gasteiger partial charge in [-0.05, 0) is 113 Å². The van der Waals surface area contributed by atoms with Crippen molar-refractivity contribution in [2.75, 3.05) is 19.8 Å². The van der Waals surface area contributed by atoms with E-state index in [9.17, 15) is 5.11 Å². The van der Waals surface area contributed by atoms with E-state index in [1.165, 1.54) is 24.8 Å². The molecule has 0 amide bonds. The number of allylic oxidation sites excluding steroid dienone is 2. The summed E-state index contributed by atoms with van der Waals surface area (Å²) in [5.74, 6) is 2.44. The van der Waals surface area contributed by atoms with Gasteiger partial charge in [-0.15, -0.1) is 6.42 Å². The molecule has 3 saturated carbocycles. The largest absolute Gasteiger partial charge is 0.390 e. The van der Waals surface area contributed by atoms with Crippen LogP contribution in [0.3, 0.4) is 0 Å². The van der Waals surface area contributed by atoms with Crippen LogP contribution in [0.5, 0.6) is 0 Å². The molecule has 2 unspecified atom stereocenters. The summed E-state index contributed by atoms with van der Waals surface area (Å²) in [4.78, 5) is 0. The molecule has 260 valence electrons. The van der Waals surface area contributed by atoms with Crippen LogP contribution in [0.4, 0.5) is 0 Å². The predicted molar refractivity (Wildman–Crippen MR) is 181 cm³/mol. The SMILES string of the molecule is C#CCOC[C@]12CC3=CCC4[C@@]5(C)CC[C@@H]6OC(C)(C)OC[C@]6(C)C5CC[C@@]4(C)[C@]3(C)C[C@H]1OC(C)(C)O[C@H]2[C@H](O)C(C)(C)CC. The van der Waals surface area contributed by atoms with E-state index in [0.717, 1.165) is 38.7 Å². The van der Waals surface area contributed by atoms with Gasteiger partial charge < -0.3 is 28.8 Å². The van der Waals surface area contributed by atoms with E-state index in [2.05, 4.69) is 74.3 Å². The first-order chi connectivity index (χ1) is 21.2. The van der Waals surface area contributed by atoms with Crippen LogP contribution >= 0.6 is 0 Å². The zero-order valence-corrected chi connectivity index (χ0v) is 30.9.